The van der Waals surface area contributed by atoms with Crippen molar-refractivity contribution in [1.82, 2.24) is 14.9 Å². The molecule has 1 aromatic heterocycles. The standard InChI is InChI=1S/C25H21N3O2/c29-24(19-8-2-1-3-9-19)22-12-6-7-13-23(22)25(30)27-16-20-10-4-5-11-21(20)17-28-15-14-26-18-28/h1-15,18H,16-17H2,(H,27,30). The molecule has 5 nitrogen and oxygen atoms in total. The summed E-state index contributed by atoms with van der Waals surface area (Å²) >= 11 is 0. The van der Waals surface area contributed by atoms with Crippen LogP contribution in [0, 0.1) is 0 Å². The third-order valence-electron chi connectivity index (χ3n) is 4.92. The van der Waals surface area contributed by atoms with E-state index in [0.29, 0.717) is 29.8 Å². The van der Waals surface area contributed by atoms with Crippen LogP contribution in [0.15, 0.2) is 97.6 Å². The lowest BCUT2D eigenvalue weighted by molar-refractivity contribution is 0.0939. The Bertz CT molecular complexity index is 1150. The molecule has 0 atom stereocenters. The van der Waals surface area contributed by atoms with Crippen LogP contribution in [-0.2, 0) is 13.1 Å². The van der Waals surface area contributed by atoms with Crippen LogP contribution < -0.4 is 5.32 Å². The first-order chi connectivity index (χ1) is 14.7. The summed E-state index contributed by atoms with van der Waals surface area (Å²) < 4.78 is 1.98. The number of rotatable bonds is 7. The molecule has 0 aliphatic rings. The average molecular weight is 395 g/mol. The van der Waals surface area contributed by atoms with Gasteiger partial charge in [-0.1, -0.05) is 72.8 Å². The minimum atomic E-state index is -0.271. The molecule has 1 N–H and O–H groups in total. The quantitative estimate of drug-likeness (QED) is 0.479. The molecular formula is C25H21N3O2. The van der Waals surface area contributed by atoms with Crippen molar-refractivity contribution in [3.05, 3.63) is 125 Å². The summed E-state index contributed by atoms with van der Waals surface area (Å²) in [5.74, 6) is -0.436. The number of hydrogen-bond donors (Lipinski definition) is 1. The van der Waals surface area contributed by atoms with Gasteiger partial charge in [-0.15, -0.1) is 0 Å². The van der Waals surface area contributed by atoms with Gasteiger partial charge >= 0.3 is 0 Å². The molecule has 0 bridgehead atoms. The monoisotopic (exact) mass is 395 g/mol. The van der Waals surface area contributed by atoms with Gasteiger partial charge in [-0.25, -0.2) is 4.98 Å². The third-order valence-corrected chi connectivity index (χ3v) is 4.92. The molecular weight excluding hydrogens is 374 g/mol. The zero-order valence-corrected chi connectivity index (χ0v) is 16.4. The van der Waals surface area contributed by atoms with E-state index in [1.165, 1.54) is 0 Å². The summed E-state index contributed by atoms with van der Waals surface area (Å²) in [6.07, 6.45) is 5.41. The Balaban J connectivity index is 1.52. The Kier molecular flexibility index (Phi) is 5.80. The van der Waals surface area contributed by atoms with Crippen molar-refractivity contribution in [2.75, 3.05) is 0 Å². The summed E-state index contributed by atoms with van der Waals surface area (Å²) in [6.45, 7) is 1.05. The van der Waals surface area contributed by atoms with Crippen molar-refractivity contribution >= 4 is 11.7 Å². The lowest BCUT2D eigenvalue weighted by Gasteiger charge is -2.13. The Morgan fingerprint density at radius 2 is 1.47 bits per heavy atom. The van der Waals surface area contributed by atoms with Crippen molar-refractivity contribution in [2.24, 2.45) is 0 Å². The number of benzene rings is 3. The summed E-state index contributed by atoms with van der Waals surface area (Å²) in [7, 11) is 0. The van der Waals surface area contributed by atoms with Crippen LogP contribution in [0.25, 0.3) is 0 Å². The Morgan fingerprint density at radius 3 is 2.20 bits per heavy atom. The fourth-order valence-electron chi connectivity index (χ4n) is 3.36. The van der Waals surface area contributed by atoms with Gasteiger partial charge in [0.05, 0.1) is 11.9 Å². The second-order valence-electron chi connectivity index (χ2n) is 6.93. The minimum absolute atomic E-state index is 0.165. The van der Waals surface area contributed by atoms with Crippen LogP contribution in [0.3, 0.4) is 0 Å². The van der Waals surface area contributed by atoms with Gasteiger partial charge in [-0.05, 0) is 17.2 Å². The molecule has 0 saturated heterocycles. The number of aromatic nitrogens is 2. The van der Waals surface area contributed by atoms with E-state index in [1.807, 2.05) is 53.2 Å². The van der Waals surface area contributed by atoms with Crippen LogP contribution in [0.1, 0.15) is 37.4 Å². The van der Waals surface area contributed by atoms with Crippen molar-refractivity contribution < 1.29 is 9.59 Å². The molecule has 1 heterocycles. The number of nitrogens with zero attached hydrogens (tertiary/aromatic N) is 2. The highest BCUT2D eigenvalue weighted by Crippen LogP contribution is 2.16. The second-order valence-corrected chi connectivity index (χ2v) is 6.93. The van der Waals surface area contributed by atoms with E-state index in [-0.39, 0.29) is 11.7 Å². The SMILES string of the molecule is O=C(NCc1ccccc1Cn1ccnc1)c1ccccc1C(=O)c1ccccc1. The van der Waals surface area contributed by atoms with Gasteiger partial charge in [0, 0.05) is 36.6 Å². The molecule has 1 amide bonds. The van der Waals surface area contributed by atoms with E-state index in [2.05, 4.69) is 10.3 Å². The highest BCUT2D eigenvalue weighted by atomic mass is 16.2. The maximum absolute atomic E-state index is 12.9. The molecule has 0 aliphatic heterocycles. The van der Waals surface area contributed by atoms with E-state index in [4.69, 9.17) is 0 Å². The number of imidazole rings is 1. The van der Waals surface area contributed by atoms with Gasteiger partial charge in [0.2, 0.25) is 0 Å². The van der Waals surface area contributed by atoms with E-state index < -0.39 is 0 Å². The summed E-state index contributed by atoms with van der Waals surface area (Å²) in [6, 6.07) is 23.9. The normalized spacial score (nSPS) is 10.5. The van der Waals surface area contributed by atoms with E-state index >= 15 is 0 Å². The maximum Gasteiger partial charge on any atom is 0.252 e. The predicted molar refractivity (Wildman–Crippen MR) is 115 cm³/mol. The number of hydrogen-bond acceptors (Lipinski definition) is 3. The van der Waals surface area contributed by atoms with Crippen LogP contribution in [0.4, 0.5) is 0 Å². The first kappa shape index (κ1) is 19.3. The van der Waals surface area contributed by atoms with Gasteiger partial charge in [0.1, 0.15) is 0 Å². The molecule has 5 heteroatoms. The fourth-order valence-corrected chi connectivity index (χ4v) is 3.36. The van der Waals surface area contributed by atoms with Crippen LogP contribution in [0.2, 0.25) is 0 Å². The van der Waals surface area contributed by atoms with Crippen LogP contribution in [0.5, 0.6) is 0 Å². The molecule has 4 aromatic rings. The number of ketones is 1. The van der Waals surface area contributed by atoms with Gasteiger partial charge in [-0.3, -0.25) is 9.59 Å². The smallest absolute Gasteiger partial charge is 0.252 e. The molecule has 0 unspecified atom stereocenters. The summed E-state index contributed by atoms with van der Waals surface area (Å²) in [4.78, 5) is 29.9. The fraction of sp³-hybridized carbons (Fsp3) is 0.0800. The maximum atomic E-state index is 12.9. The second kappa shape index (κ2) is 9.01. The number of amides is 1. The zero-order valence-electron chi connectivity index (χ0n) is 16.4. The van der Waals surface area contributed by atoms with E-state index in [9.17, 15) is 9.59 Å². The third kappa shape index (κ3) is 4.36. The van der Waals surface area contributed by atoms with E-state index in [1.54, 1.807) is 48.9 Å². The Labute approximate surface area is 175 Å². The molecule has 0 aliphatic carbocycles. The highest BCUT2D eigenvalue weighted by molar-refractivity contribution is 6.15. The lowest BCUT2D eigenvalue weighted by Crippen LogP contribution is -2.25. The minimum Gasteiger partial charge on any atom is -0.348 e. The molecule has 3 aromatic carbocycles. The summed E-state index contributed by atoms with van der Waals surface area (Å²) in [5, 5.41) is 2.97. The van der Waals surface area contributed by atoms with Crippen LogP contribution >= 0.6 is 0 Å². The summed E-state index contributed by atoms with van der Waals surface area (Å²) in [5.41, 5.74) is 3.45. The average Bonchev–Trinajstić information content (AvgIpc) is 3.31. The van der Waals surface area contributed by atoms with Gasteiger partial charge in [-0.2, -0.15) is 0 Å². The first-order valence-electron chi connectivity index (χ1n) is 9.72. The van der Waals surface area contributed by atoms with Crippen molar-refractivity contribution in [1.29, 1.82) is 0 Å². The number of nitrogens with one attached hydrogen (secondary N) is 1. The largest absolute Gasteiger partial charge is 0.348 e. The molecule has 0 fully saturated rings. The molecule has 4 rings (SSSR count). The van der Waals surface area contributed by atoms with Crippen molar-refractivity contribution in [3.63, 3.8) is 0 Å². The molecule has 0 spiro atoms. The first-order valence-corrected chi connectivity index (χ1v) is 9.72. The van der Waals surface area contributed by atoms with Gasteiger partial charge in [0.15, 0.2) is 5.78 Å². The molecule has 0 saturated carbocycles. The Hall–Kier alpha value is -3.99. The predicted octanol–water partition coefficient (Wildman–Crippen LogP) is 4.09. The van der Waals surface area contributed by atoms with Gasteiger partial charge in [0.25, 0.3) is 5.91 Å². The number of carbonyl (C=O) groups is 2. The number of carbonyl (C=O) groups excluding carboxylic acids is 2. The highest BCUT2D eigenvalue weighted by Gasteiger charge is 2.18. The Morgan fingerprint density at radius 1 is 0.800 bits per heavy atom. The molecule has 148 valence electrons. The topological polar surface area (TPSA) is 64.0 Å². The van der Waals surface area contributed by atoms with Crippen molar-refractivity contribution in [3.8, 4) is 0 Å². The van der Waals surface area contributed by atoms with Crippen LogP contribution in [-0.4, -0.2) is 21.2 Å². The zero-order chi connectivity index (χ0) is 20.8. The van der Waals surface area contributed by atoms with E-state index in [0.717, 1.165) is 11.1 Å². The molecule has 0 radical (unpaired) electrons. The van der Waals surface area contributed by atoms with Gasteiger partial charge < -0.3 is 9.88 Å². The molecule has 30 heavy (non-hydrogen) atoms. The van der Waals surface area contributed by atoms with Crippen molar-refractivity contribution in [2.45, 2.75) is 13.1 Å². The lowest BCUT2D eigenvalue weighted by atomic mass is 9.98.